The van der Waals surface area contributed by atoms with Crippen LogP contribution >= 0.6 is 0 Å². The predicted octanol–water partition coefficient (Wildman–Crippen LogP) is 1.18. The Morgan fingerprint density at radius 1 is 1.65 bits per heavy atom. The molecule has 0 spiro atoms. The normalized spacial score (nSPS) is 27.2. The molecule has 1 unspecified atom stereocenters. The maximum absolute atomic E-state index is 13.8. The zero-order valence-electron chi connectivity index (χ0n) is 10.1. The van der Waals surface area contributed by atoms with Crippen LogP contribution in [0.1, 0.15) is 26.1 Å². The maximum atomic E-state index is 13.8. The highest BCUT2D eigenvalue weighted by molar-refractivity contribution is 5.26. The van der Waals surface area contributed by atoms with Crippen LogP contribution in [0.2, 0.25) is 0 Å². The van der Waals surface area contributed by atoms with Crippen LogP contribution in [0.25, 0.3) is 0 Å². The summed E-state index contributed by atoms with van der Waals surface area (Å²) in [4.78, 5) is 5.92. The Morgan fingerprint density at radius 3 is 2.94 bits per heavy atom. The lowest BCUT2D eigenvalue weighted by Crippen LogP contribution is -2.45. The third-order valence-electron chi connectivity index (χ3n) is 3.26. The van der Waals surface area contributed by atoms with Crippen LogP contribution in [0.4, 0.5) is 10.4 Å². The third kappa shape index (κ3) is 2.57. The van der Waals surface area contributed by atoms with Crippen molar-refractivity contribution >= 4 is 6.01 Å². The molecule has 5 nitrogen and oxygen atoms in total. The summed E-state index contributed by atoms with van der Waals surface area (Å²) < 4.78 is 18.9. The number of hydrogen-bond donors (Lipinski definition) is 1. The van der Waals surface area contributed by atoms with Gasteiger partial charge in [0, 0.05) is 18.9 Å². The van der Waals surface area contributed by atoms with Gasteiger partial charge in [0.25, 0.3) is 0 Å². The van der Waals surface area contributed by atoms with Gasteiger partial charge in [-0.25, -0.2) is 4.39 Å². The summed E-state index contributed by atoms with van der Waals surface area (Å²) in [6.45, 7) is 4.42. The first kappa shape index (κ1) is 12.3. The summed E-state index contributed by atoms with van der Waals surface area (Å²) in [5.41, 5.74) is 0. The van der Waals surface area contributed by atoms with Gasteiger partial charge in [-0.05, 0) is 13.3 Å². The van der Waals surface area contributed by atoms with Crippen LogP contribution in [0, 0.1) is 5.92 Å². The van der Waals surface area contributed by atoms with E-state index in [2.05, 4.69) is 10.1 Å². The second kappa shape index (κ2) is 5.00. The number of aliphatic hydroxyl groups is 1. The SMILES string of the molecule is CCc1noc(N2CCC([C@@H](C)O)[C@H](F)C2)n1. The van der Waals surface area contributed by atoms with Crippen molar-refractivity contribution in [3.63, 3.8) is 0 Å². The van der Waals surface area contributed by atoms with Crippen LogP contribution < -0.4 is 4.90 Å². The fourth-order valence-corrected chi connectivity index (χ4v) is 2.16. The van der Waals surface area contributed by atoms with Crippen LogP contribution in [-0.4, -0.2) is 40.6 Å². The lowest BCUT2D eigenvalue weighted by molar-refractivity contribution is 0.0543. The molecule has 1 aliphatic rings. The lowest BCUT2D eigenvalue weighted by atomic mass is 9.91. The number of aliphatic hydroxyl groups excluding tert-OH is 1. The first-order valence-corrected chi connectivity index (χ1v) is 6.01. The van der Waals surface area contributed by atoms with E-state index in [0.29, 0.717) is 31.2 Å². The van der Waals surface area contributed by atoms with E-state index < -0.39 is 12.3 Å². The van der Waals surface area contributed by atoms with Gasteiger partial charge >= 0.3 is 6.01 Å². The maximum Gasteiger partial charge on any atom is 0.324 e. The van der Waals surface area contributed by atoms with Crippen molar-refractivity contribution in [2.45, 2.75) is 39.0 Å². The molecule has 2 rings (SSSR count). The predicted molar refractivity (Wildman–Crippen MR) is 60.6 cm³/mol. The standard InChI is InChI=1S/C11H18FN3O2/c1-3-10-13-11(17-14-10)15-5-4-8(7(2)16)9(12)6-15/h7-9,16H,3-6H2,1-2H3/t7-,8?,9-/m1/s1. The summed E-state index contributed by atoms with van der Waals surface area (Å²) in [5.74, 6) is 0.341. The number of anilines is 1. The Bertz CT molecular complexity index is 369. The summed E-state index contributed by atoms with van der Waals surface area (Å²) in [6, 6.07) is 0.383. The van der Waals surface area contributed by atoms with Crippen molar-refractivity contribution in [2.24, 2.45) is 5.92 Å². The number of aryl methyl sites for hydroxylation is 1. The molecule has 17 heavy (non-hydrogen) atoms. The van der Waals surface area contributed by atoms with E-state index >= 15 is 0 Å². The highest BCUT2D eigenvalue weighted by Gasteiger charge is 2.33. The van der Waals surface area contributed by atoms with Crippen LogP contribution in [0.3, 0.4) is 0 Å². The number of hydrogen-bond acceptors (Lipinski definition) is 5. The van der Waals surface area contributed by atoms with Crippen LogP contribution in [0.15, 0.2) is 4.52 Å². The van der Waals surface area contributed by atoms with Crippen LogP contribution in [-0.2, 0) is 6.42 Å². The largest absolute Gasteiger partial charge is 0.393 e. The van der Waals surface area contributed by atoms with Crippen LogP contribution in [0.5, 0.6) is 0 Å². The number of aromatic nitrogens is 2. The molecular weight excluding hydrogens is 225 g/mol. The fraction of sp³-hybridized carbons (Fsp3) is 0.818. The molecule has 3 atom stereocenters. The van der Waals surface area contributed by atoms with Gasteiger partial charge in [-0.2, -0.15) is 4.98 Å². The molecule has 1 aromatic heterocycles. The van der Waals surface area contributed by atoms with E-state index in [1.54, 1.807) is 11.8 Å². The molecular formula is C11H18FN3O2. The molecule has 0 saturated carbocycles. The van der Waals surface area contributed by atoms with E-state index in [1.807, 2.05) is 6.92 Å². The summed E-state index contributed by atoms with van der Waals surface area (Å²) in [6.07, 6.45) is -0.364. The Balaban J connectivity index is 2.01. The average Bonchev–Trinajstić information content (AvgIpc) is 2.76. The molecule has 2 heterocycles. The molecule has 96 valence electrons. The first-order valence-electron chi connectivity index (χ1n) is 6.01. The Morgan fingerprint density at radius 2 is 2.41 bits per heavy atom. The average molecular weight is 243 g/mol. The van der Waals surface area contributed by atoms with E-state index in [-0.39, 0.29) is 12.5 Å². The summed E-state index contributed by atoms with van der Waals surface area (Å²) >= 11 is 0. The summed E-state index contributed by atoms with van der Waals surface area (Å²) in [5, 5.41) is 13.2. The molecule has 6 heteroatoms. The van der Waals surface area contributed by atoms with Gasteiger partial charge in [-0.3, -0.25) is 0 Å². The number of piperidine rings is 1. The molecule has 1 aromatic rings. The molecule has 1 N–H and O–H groups in total. The van der Waals surface area contributed by atoms with Crippen molar-refractivity contribution < 1.29 is 14.0 Å². The van der Waals surface area contributed by atoms with Gasteiger partial charge in [-0.1, -0.05) is 12.1 Å². The van der Waals surface area contributed by atoms with Gasteiger partial charge in [0.05, 0.1) is 12.6 Å². The molecule has 0 aromatic carbocycles. The molecule has 0 amide bonds. The monoisotopic (exact) mass is 243 g/mol. The van der Waals surface area contributed by atoms with Gasteiger partial charge in [-0.15, -0.1) is 0 Å². The molecule has 0 aliphatic carbocycles. The second-order valence-corrected chi connectivity index (χ2v) is 4.50. The minimum atomic E-state index is -1.05. The van der Waals surface area contributed by atoms with Crippen molar-refractivity contribution in [2.75, 3.05) is 18.0 Å². The van der Waals surface area contributed by atoms with Gasteiger partial charge in [0.15, 0.2) is 5.82 Å². The van der Waals surface area contributed by atoms with Gasteiger partial charge in [0.2, 0.25) is 0 Å². The molecule has 0 bridgehead atoms. The number of nitrogens with zero attached hydrogens (tertiary/aromatic N) is 3. The topological polar surface area (TPSA) is 62.4 Å². The Labute approximate surface area is 99.6 Å². The van der Waals surface area contributed by atoms with Crippen molar-refractivity contribution in [1.29, 1.82) is 0 Å². The van der Waals surface area contributed by atoms with E-state index in [4.69, 9.17) is 4.52 Å². The molecule has 0 radical (unpaired) electrons. The zero-order valence-corrected chi connectivity index (χ0v) is 10.1. The highest BCUT2D eigenvalue weighted by Crippen LogP contribution is 2.26. The number of alkyl halides is 1. The van der Waals surface area contributed by atoms with E-state index in [0.717, 1.165) is 0 Å². The fourth-order valence-electron chi connectivity index (χ4n) is 2.16. The number of rotatable bonds is 3. The molecule has 1 fully saturated rings. The molecule has 1 saturated heterocycles. The van der Waals surface area contributed by atoms with Gasteiger partial charge < -0.3 is 14.5 Å². The third-order valence-corrected chi connectivity index (χ3v) is 3.26. The van der Waals surface area contributed by atoms with Crippen molar-refractivity contribution in [3.8, 4) is 0 Å². The lowest BCUT2D eigenvalue weighted by Gasteiger charge is -2.34. The Kier molecular flexibility index (Phi) is 3.61. The second-order valence-electron chi connectivity index (χ2n) is 4.50. The van der Waals surface area contributed by atoms with Gasteiger partial charge in [0.1, 0.15) is 6.17 Å². The minimum absolute atomic E-state index is 0.209. The first-order chi connectivity index (χ1) is 8.11. The highest BCUT2D eigenvalue weighted by atomic mass is 19.1. The van der Waals surface area contributed by atoms with E-state index in [1.165, 1.54) is 0 Å². The smallest absolute Gasteiger partial charge is 0.324 e. The van der Waals surface area contributed by atoms with Crippen molar-refractivity contribution in [3.05, 3.63) is 5.82 Å². The van der Waals surface area contributed by atoms with E-state index in [9.17, 15) is 9.50 Å². The Hall–Kier alpha value is -1.17. The number of halogens is 1. The summed E-state index contributed by atoms with van der Waals surface area (Å²) in [7, 11) is 0. The van der Waals surface area contributed by atoms with Crippen molar-refractivity contribution in [1.82, 2.24) is 10.1 Å². The molecule has 1 aliphatic heterocycles. The quantitative estimate of drug-likeness (QED) is 0.863. The minimum Gasteiger partial charge on any atom is -0.393 e. The zero-order chi connectivity index (χ0) is 12.4.